The van der Waals surface area contributed by atoms with E-state index in [1.165, 1.54) is 10.5 Å². The number of carbonyl (C=O) groups is 2. The minimum Gasteiger partial charge on any atom is -0.499 e. The highest BCUT2D eigenvalue weighted by atomic mass is 16.5. The maximum Gasteiger partial charge on any atom is 0.261 e. The maximum absolute atomic E-state index is 13.2. The molecule has 0 radical (unpaired) electrons. The molecule has 0 unspecified atom stereocenters. The summed E-state index contributed by atoms with van der Waals surface area (Å²) in [5, 5.41) is 8.46. The van der Waals surface area contributed by atoms with E-state index in [1.54, 1.807) is 6.07 Å². The number of nitrogens with zero attached hydrogens (tertiary/aromatic N) is 1. The molecule has 34 heavy (non-hydrogen) atoms. The first-order valence-electron chi connectivity index (χ1n) is 11.8. The van der Waals surface area contributed by atoms with E-state index in [2.05, 4.69) is 48.4 Å². The Bertz CT molecular complexity index is 1200. The molecule has 0 fully saturated rings. The van der Waals surface area contributed by atoms with E-state index in [1.807, 2.05) is 31.2 Å². The van der Waals surface area contributed by atoms with Crippen molar-refractivity contribution < 1.29 is 14.3 Å². The zero-order valence-electron chi connectivity index (χ0n) is 19.8. The largest absolute Gasteiger partial charge is 0.499 e. The van der Waals surface area contributed by atoms with Crippen molar-refractivity contribution in [1.29, 1.82) is 0 Å². The van der Waals surface area contributed by atoms with Gasteiger partial charge in [-0.05, 0) is 50.6 Å². The third-order valence-corrected chi connectivity index (χ3v) is 6.00. The summed E-state index contributed by atoms with van der Waals surface area (Å²) in [7, 11) is 0. The van der Waals surface area contributed by atoms with Gasteiger partial charge < -0.3 is 15.4 Å². The number of nitrogens with one attached hydrogen (secondary N) is 2. The van der Waals surface area contributed by atoms with Gasteiger partial charge in [-0.15, -0.1) is 0 Å². The molecule has 3 aromatic rings. The first-order valence-corrected chi connectivity index (χ1v) is 11.8. The van der Waals surface area contributed by atoms with Gasteiger partial charge in [-0.3, -0.25) is 14.5 Å². The molecule has 1 aliphatic heterocycles. The van der Waals surface area contributed by atoms with Crippen LogP contribution in [0.15, 0.2) is 66.9 Å². The van der Waals surface area contributed by atoms with Gasteiger partial charge >= 0.3 is 0 Å². The summed E-state index contributed by atoms with van der Waals surface area (Å²) in [6.45, 7) is 10.2. The van der Waals surface area contributed by atoms with Gasteiger partial charge in [0.05, 0.1) is 12.4 Å². The Labute approximate surface area is 200 Å². The van der Waals surface area contributed by atoms with Crippen molar-refractivity contribution in [3.05, 3.63) is 83.6 Å². The van der Waals surface area contributed by atoms with Crippen LogP contribution in [-0.2, 0) is 4.74 Å². The van der Waals surface area contributed by atoms with Crippen molar-refractivity contribution in [1.82, 2.24) is 4.90 Å². The van der Waals surface area contributed by atoms with E-state index in [4.69, 9.17) is 4.74 Å². The summed E-state index contributed by atoms with van der Waals surface area (Å²) in [6.07, 6.45) is 1.23. The minimum atomic E-state index is -0.247. The van der Waals surface area contributed by atoms with Crippen molar-refractivity contribution in [3.8, 4) is 0 Å². The molecule has 0 atom stereocenters. The van der Waals surface area contributed by atoms with Gasteiger partial charge in [0.1, 0.15) is 0 Å². The van der Waals surface area contributed by atoms with E-state index in [-0.39, 0.29) is 11.8 Å². The molecule has 6 heteroatoms. The SMILES string of the molecule is C=C(CCCN1C(=O)c2cccc3c(NCCNc4ccc(C)cc4)ccc(c23)C1=O)OCC. The molecular weight excluding hydrogens is 426 g/mol. The lowest BCUT2D eigenvalue weighted by Gasteiger charge is -2.28. The number of rotatable bonds is 11. The highest BCUT2D eigenvalue weighted by Gasteiger charge is 2.32. The molecule has 0 saturated carbocycles. The van der Waals surface area contributed by atoms with Crippen molar-refractivity contribution in [2.24, 2.45) is 0 Å². The van der Waals surface area contributed by atoms with Crippen LogP contribution in [-0.4, -0.2) is 43.0 Å². The Morgan fingerprint density at radius 3 is 2.38 bits per heavy atom. The third kappa shape index (κ3) is 4.91. The second kappa shape index (κ2) is 10.4. The normalized spacial score (nSPS) is 12.7. The van der Waals surface area contributed by atoms with Gasteiger partial charge in [-0.25, -0.2) is 0 Å². The van der Waals surface area contributed by atoms with Crippen LogP contribution in [0.5, 0.6) is 0 Å². The molecule has 2 amide bonds. The Morgan fingerprint density at radius 1 is 0.941 bits per heavy atom. The number of allylic oxidation sites excluding steroid dienone is 1. The zero-order valence-corrected chi connectivity index (χ0v) is 19.8. The summed E-state index contributed by atoms with van der Waals surface area (Å²) in [5.74, 6) is 0.182. The molecule has 0 bridgehead atoms. The Balaban J connectivity index is 1.46. The molecule has 6 nitrogen and oxygen atoms in total. The quantitative estimate of drug-likeness (QED) is 0.223. The summed E-state index contributed by atoms with van der Waals surface area (Å²) in [5.41, 5.74) is 4.35. The number of amides is 2. The Hall–Kier alpha value is -3.80. The number of aryl methyl sites for hydroxylation is 1. The minimum absolute atomic E-state index is 0.247. The zero-order chi connectivity index (χ0) is 24.1. The second-order valence-electron chi connectivity index (χ2n) is 8.45. The molecule has 0 aliphatic carbocycles. The average molecular weight is 458 g/mol. The fourth-order valence-electron chi connectivity index (χ4n) is 4.29. The molecule has 4 rings (SSSR count). The first kappa shape index (κ1) is 23.4. The van der Waals surface area contributed by atoms with Crippen LogP contribution in [0, 0.1) is 6.92 Å². The molecule has 0 spiro atoms. The number of imide groups is 1. The lowest BCUT2D eigenvalue weighted by Crippen LogP contribution is -2.41. The number of hydrogen-bond donors (Lipinski definition) is 2. The summed E-state index contributed by atoms with van der Waals surface area (Å²) < 4.78 is 5.38. The van der Waals surface area contributed by atoms with E-state index < -0.39 is 0 Å². The van der Waals surface area contributed by atoms with Crippen LogP contribution in [0.4, 0.5) is 11.4 Å². The van der Waals surface area contributed by atoms with Gasteiger partial charge in [0.15, 0.2) is 0 Å². The Morgan fingerprint density at radius 2 is 1.65 bits per heavy atom. The first-order chi connectivity index (χ1) is 16.5. The standard InChI is InChI=1S/C28H31N3O3/c1-4-34-20(3)7-6-18-31-27(32)23-9-5-8-22-25(15-14-24(26(22)23)28(31)33)30-17-16-29-21-12-10-19(2)11-13-21/h5,8-15,29-30H,3-4,6-7,16-18H2,1-2H3. The van der Waals surface area contributed by atoms with Gasteiger partial charge in [-0.2, -0.15) is 0 Å². The average Bonchev–Trinajstić information content (AvgIpc) is 2.84. The van der Waals surface area contributed by atoms with Crippen molar-refractivity contribution >= 4 is 34.0 Å². The van der Waals surface area contributed by atoms with Crippen LogP contribution < -0.4 is 10.6 Å². The van der Waals surface area contributed by atoms with Crippen LogP contribution in [0.2, 0.25) is 0 Å². The molecule has 1 heterocycles. The van der Waals surface area contributed by atoms with Crippen molar-refractivity contribution in [2.75, 3.05) is 36.9 Å². The van der Waals surface area contributed by atoms with Crippen LogP contribution in [0.1, 0.15) is 46.0 Å². The molecule has 0 aromatic heterocycles. The van der Waals surface area contributed by atoms with Crippen molar-refractivity contribution in [2.45, 2.75) is 26.7 Å². The number of ether oxygens (including phenoxy) is 1. The number of hydrogen-bond acceptors (Lipinski definition) is 5. The third-order valence-electron chi connectivity index (χ3n) is 6.00. The smallest absolute Gasteiger partial charge is 0.261 e. The number of anilines is 2. The van der Waals surface area contributed by atoms with Gasteiger partial charge in [-0.1, -0.05) is 36.4 Å². The highest BCUT2D eigenvalue weighted by Crippen LogP contribution is 2.34. The van der Waals surface area contributed by atoms with E-state index in [0.29, 0.717) is 49.4 Å². The monoisotopic (exact) mass is 457 g/mol. The molecule has 2 N–H and O–H groups in total. The fourth-order valence-corrected chi connectivity index (χ4v) is 4.29. The Kier molecular flexibility index (Phi) is 7.16. The van der Waals surface area contributed by atoms with Gasteiger partial charge in [0, 0.05) is 59.3 Å². The van der Waals surface area contributed by atoms with E-state index >= 15 is 0 Å². The number of benzene rings is 3. The van der Waals surface area contributed by atoms with Crippen LogP contribution in [0.3, 0.4) is 0 Å². The highest BCUT2D eigenvalue weighted by molar-refractivity contribution is 6.26. The molecular formula is C28H31N3O3. The lowest BCUT2D eigenvalue weighted by atomic mass is 9.93. The van der Waals surface area contributed by atoms with Crippen LogP contribution in [0.25, 0.3) is 10.8 Å². The van der Waals surface area contributed by atoms with Gasteiger partial charge in [0.2, 0.25) is 0 Å². The molecule has 0 saturated heterocycles. The lowest BCUT2D eigenvalue weighted by molar-refractivity contribution is 0.0606. The second-order valence-corrected chi connectivity index (χ2v) is 8.45. The molecule has 3 aromatic carbocycles. The predicted octanol–water partition coefficient (Wildman–Crippen LogP) is 5.60. The van der Waals surface area contributed by atoms with Gasteiger partial charge in [0.25, 0.3) is 11.8 Å². The molecule has 176 valence electrons. The number of carbonyl (C=O) groups excluding carboxylic acids is 2. The topological polar surface area (TPSA) is 70.7 Å². The molecule has 1 aliphatic rings. The predicted molar refractivity (Wildman–Crippen MR) is 137 cm³/mol. The summed E-state index contributed by atoms with van der Waals surface area (Å²) in [4.78, 5) is 27.7. The maximum atomic E-state index is 13.2. The van der Waals surface area contributed by atoms with E-state index in [9.17, 15) is 9.59 Å². The van der Waals surface area contributed by atoms with E-state index in [0.717, 1.165) is 28.7 Å². The summed E-state index contributed by atoms with van der Waals surface area (Å²) in [6, 6.07) is 17.7. The summed E-state index contributed by atoms with van der Waals surface area (Å²) >= 11 is 0. The van der Waals surface area contributed by atoms with Crippen LogP contribution >= 0.6 is 0 Å². The van der Waals surface area contributed by atoms with Crippen molar-refractivity contribution in [3.63, 3.8) is 0 Å². The fraction of sp³-hybridized carbons (Fsp3) is 0.286.